The van der Waals surface area contributed by atoms with Gasteiger partial charge in [0.1, 0.15) is 12.1 Å². The number of carbonyl (C=O) groups excluding carboxylic acids is 3. The molecule has 8 nitrogen and oxygen atoms in total. The van der Waals surface area contributed by atoms with Gasteiger partial charge in [-0.25, -0.2) is 9.59 Å². The Bertz CT molecular complexity index is 1010. The molecular formula is C26H32N2O6. The second-order valence-corrected chi connectivity index (χ2v) is 8.71. The number of aliphatic hydroxyl groups excluding tert-OH is 1. The summed E-state index contributed by atoms with van der Waals surface area (Å²) in [4.78, 5) is 40.5. The highest BCUT2D eigenvalue weighted by atomic mass is 16.6. The molecule has 2 N–H and O–H groups in total. The molecule has 2 aromatic rings. The van der Waals surface area contributed by atoms with Crippen molar-refractivity contribution >= 4 is 18.0 Å². The van der Waals surface area contributed by atoms with Crippen molar-refractivity contribution in [3.05, 3.63) is 71.3 Å². The van der Waals surface area contributed by atoms with Gasteiger partial charge in [-0.2, -0.15) is 0 Å². The first kappa shape index (κ1) is 25.2. The van der Waals surface area contributed by atoms with E-state index in [0.29, 0.717) is 19.4 Å². The maximum atomic E-state index is 13.7. The minimum Gasteiger partial charge on any atom is -0.467 e. The summed E-state index contributed by atoms with van der Waals surface area (Å²) in [5, 5.41) is 12.7. The maximum Gasteiger partial charge on any atom is 0.411 e. The van der Waals surface area contributed by atoms with Crippen LogP contribution in [0.3, 0.4) is 0 Å². The molecular weight excluding hydrogens is 436 g/mol. The molecule has 0 aliphatic carbocycles. The number of aliphatic hydroxyl groups is 1. The Morgan fingerprint density at radius 2 is 1.82 bits per heavy atom. The molecule has 2 aromatic carbocycles. The van der Waals surface area contributed by atoms with Crippen molar-refractivity contribution in [2.45, 2.75) is 57.4 Å². The number of carbonyl (C=O) groups is 3. The van der Waals surface area contributed by atoms with E-state index in [1.54, 1.807) is 0 Å². The molecule has 0 aromatic heterocycles. The molecule has 1 heterocycles. The highest BCUT2D eigenvalue weighted by molar-refractivity contribution is 5.94. The van der Waals surface area contributed by atoms with Gasteiger partial charge in [0, 0.05) is 13.0 Å². The predicted octanol–water partition coefficient (Wildman–Crippen LogP) is 2.75. The molecule has 1 saturated heterocycles. The van der Waals surface area contributed by atoms with Crippen LogP contribution >= 0.6 is 0 Å². The van der Waals surface area contributed by atoms with E-state index in [1.165, 1.54) is 18.9 Å². The minimum absolute atomic E-state index is 0.0801. The smallest absolute Gasteiger partial charge is 0.411 e. The van der Waals surface area contributed by atoms with Crippen LogP contribution in [0.5, 0.6) is 0 Å². The zero-order chi connectivity index (χ0) is 24.7. The van der Waals surface area contributed by atoms with Gasteiger partial charge in [-0.05, 0) is 37.8 Å². The van der Waals surface area contributed by atoms with Crippen molar-refractivity contribution in [3.63, 3.8) is 0 Å². The number of ether oxygens (including phenoxy) is 2. The van der Waals surface area contributed by atoms with Crippen LogP contribution in [-0.4, -0.2) is 59.3 Å². The Morgan fingerprint density at radius 1 is 1.12 bits per heavy atom. The summed E-state index contributed by atoms with van der Waals surface area (Å²) < 4.78 is 10.3. The van der Waals surface area contributed by atoms with Gasteiger partial charge >= 0.3 is 12.1 Å². The number of hydrogen-bond acceptors (Lipinski definition) is 6. The molecule has 1 aliphatic rings. The molecule has 182 valence electrons. The monoisotopic (exact) mass is 468 g/mol. The highest BCUT2D eigenvalue weighted by Gasteiger charge is 2.51. The largest absolute Gasteiger partial charge is 0.467 e. The van der Waals surface area contributed by atoms with Crippen molar-refractivity contribution in [2.75, 3.05) is 13.7 Å². The number of hydrogen-bond donors (Lipinski definition) is 2. The molecule has 2 amide bonds. The van der Waals surface area contributed by atoms with Crippen molar-refractivity contribution in [1.29, 1.82) is 0 Å². The molecule has 3 atom stereocenters. The summed E-state index contributed by atoms with van der Waals surface area (Å²) in [6.45, 7) is 3.77. The van der Waals surface area contributed by atoms with E-state index in [2.05, 4.69) is 5.32 Å². The number of benzene rings is 2. The molecule has 1 aliphatic heterocycles. The van der Waals surface area contributed by atoms with Crippen molar-refractivity contribution in [3.8, 4) is 0 Å². The molecule has 0 spiro atoms. The quantitative estimate of drug-likeness (QED) is 0.577. The summed E-state index contributed by atoms with van der Waals surface area (Å²) in [5.74, 6) is -1.29. The first-order valence-electron chi connectivity index (χ1n) is 11.4. The molecule has 34 heavy (non-hydrogen) atoms. The van der Waals surface area contributed by atoms with Crippen LogP contribution in [0, 0.1) is 6.92 Å². The number of methoxy groups -OCH3 is 1. The van der Waals surface area contributed by atoms with Gasteiger partial charge in [0.05, 0.1) is 13.2 Å². The Kier molecular flexibility index (Phi) is 8.28. The standard InChI is InChI=1S/C26H32N2O6/c1-18-9-7-12-21(15-18)16-26(24(31)27-22(19(2)29)23(30)33-3)13-8-14-28(26)25(32)34-17-20-10-5-4-6-11-20/h4-7,9-12,15,19,22,29H,8,13-14,16-17H2,1-3H3,(H,27,31)/t19-,22+,26?/m0/s1. The average Bonchev–Trinajstić information content (AvgIpc) is 3.25. The Balaban J connectivity index is 1.90. The van der Waals surface area contributed by atoms with Crippen LogP contribution in [0.1, 0.15) is 36.5 Å². The van der Waals surface area contributed by atoms with E-state index in [1.807, 2.05) is 61.5 Å². The average molecular weight is 469 g/mol. The third-order valence-corrected chi connectivity index (χ3v) is 6.14. The van der Waals surface area contributed by atoms with E-state index in [-0.39, 0.29) is 13.0 Å². The van der Waals surface area contributed by atoms with Gasteiger partial charge in [0.2, 0.25) is 5.91 Å². The van der Waals surface area contributed by atoms with Gasteiger partial charge in [-0.1, -0.05) is 60.2 Å². The van der Waals surface area contributed by atoms with Crippen LogP contribution in [0.4, 0.5) is 4.79 Å². The van der Waals surface area contributed by atoms with Crippen molar-refractivity contribution in [1.82, 2.24) is 10.2 Å². The first-order valence-corrected chi connectivity index (χ1v) is 11.4. The highest BCUT2D eigenvalue weighted by Crippen LogP contribution is 2.34. The molecule has 3 rings (SSSR count). The Hall–Kier alpha value is -3.39. The lowest BCUT2D eigenvalue weighted by Crippen LogP contribution is -2.62. The van der Waals surface area contributed by atoms with E-state index in [9.17, 15) is 19.5 Å². The number of aryl methyl sites for hydroxylation is 1. The SMILES string of the molecule is COC(=O)[C@H](NC(=O)C1(Cc2cccc(C)c2)CCCN1C(=O)OCc1ccccc1)[C@H](C)O. The van der Waals surface area contributed by atoms with E-state index < -0.39 is 35.7 Å². The third-order valence-electron chi connectivity index (χ3n) is 6.14. The zero-order valence-corrected chi connectivity index (χ0v) is 19.8. The number of nitrogens with zero attached hydrogens (tertiary/aromatic N) is 1. The van der Waals surface area contributed by atoms with Crippen LogP contribution in [0.2, 0.25) is 0 Å². The number of likely N-dealkylation sites (tertiary alicyclic amines) is 1. The lowest BCUT2D eigenvalue weighted by atomic mass is 9.86. The van der Waals surface area contributed by atoms with Gasteiger partial charge < -0.3 is 19.9 Å². The summed E-state index contributed by atoms with van der Waals surface area (Å²) in [5.41, 5.74) is 1.47. The van der Waals surface area contributed by atoms with Crippen LogP contribution in [0.15, 0.2) is 54.6 Å². The fourth-order valence-electron chi connectivity index (χ4n) is 4.38. The minimum atomic E-state index is -1.28. The maximum absolute atomic E-state index is 13.7. The number of rotatable bonds is 8. The fraction of sp³-hybridized carbons (Fsp3) is 0.423. The van der Waals surface area contributed by atoms with Crippen molar-refractivity contribution in [2.24, 2.45) is 0 Å². The number of amides is 2. The predicted molar refractivity (Wildman–Crippen MR) is 126 cm³/mol. The zero-order valence-electron chi connectivity index (χ0n) is 19.8. The molecule has 8 heteroatoms. The molecule has 0 radical (unpaired) electrons. The summed E-state index contributed by atoms with van der Waals surface area (Å²) in [6.07, 6.45) is -0.546. The molecule has 1 fully saturated rings. The number of nitrogens with one attached hydrogen (secondary N) is 1. The molecule has 0 bridgehead atoms. The second kappa shape index (κ2) is 11.2. The lowest BCUT2D eigenvalue weighted by molar-refractivity contribution is -0.149. The van der Waals surface area contributed by atoms with Crippen LogP contribution < -0.4 is 5.32 Å². The van der Waals surface area contributed by atoms with Crippen LogP contribution in [-0.2, 0) is 32.1 Å². The molecule has 0 saturated carbocycles. The lowest BCUT2D eigenvalue weighted by Gasteiger charge is -2.38. The topological polar surface area (TPSA) is 105 Å². The summed E-state index contributed by atoms with van der Waals surface area (Å²) in [6, 6.07) is 15.8. The van der Waals surface area contributed by atoms with E-state index in [0.717, 1.165) is 16.7 Å². The second-order valence-electron chi connectivity index (χ2n) is 8.71. The fourth-order valence-corrected chi connectivity index (χ4v) is 4.38. The molecule has 1 unspecified atom stereocenters. The third kappa shape index (κ3) is 5.75. The summed E-state index contributed by atoms with van der Waals surface area (Å²) >= 11 is 0. The van der Waals surface area contributed by atoms with Gasteiger partial charge in [-0.3, -0.25) is 9.69 Å². The van der Waals surface area contributed by atoms with Gasteiger partial charge in [0.15, 0.2) is 6.04 Å². The normalized spacial score (nSPS) is 19.2. The Labute approximate surface area is 199 Å². The summed E-state index contributed by atoms with van der Waals surface area (Å²) in [7, 11) is 1.19. The van der Waals surface area contributed by atoms with Crippen molar-refractivity contribution < 1.29 is 29.0 Å². The number of esters is 1. The van der Waals surface area contributed by atoms with E-state index in [4.69, 9.17) is 9.47 Å². The Morgan fingerprint density at radius 3 is 2.47 bits per heavy atom. The van der Waals surface area contributed by atoms with E-state index >= 15 is 0 Å². The first-order chi connectivity index (χ1) is 16.3. The van der Waals surface area contributed by atoms with Gasteiger partial charge in [-0.15, -0.1) is 0 Å². The van der Waals surface area contributed by atoms with Crippen LogP contribution in [0.25, 0.3) is 0 Å². The van der Waals surface area contributed by atoms with Gasteiger partial charge in [0.25, 0.3) is 0 Å².